The van der Waals surface area contributed by atoms with Gasteiger partial charge in [0.25, 0.3) is 0 Å². The second-order valence-corrected chi connectivity index (χ2v) is 6.48. The molecule has 1 aliphatic carbocycles. The van der Waals surface area contributed by atoms with Crippen molar-refractivity contribution < 1.29 is 0 Å². The first-order valence-corrected chi connectivity index (χ1v) is 7.79. The van der Waals surface area contributed by atoms with Gasteiger partial charge in [-0.05, 0) is 24.5 Å². The maximum atomic E-state index is 3.68. The van der Waals surface area contributed by atoms with E-state index in [9.17, 15) is 0 Å². The molecule has 3 heteroatoms. The average molecular weight is 309 g/mol. The third-order valence-corrected chi connectivity index (χ3v) is 5.31. The quantitative estimate of drug-likeness (QED) is 0.903. The minimum Gasteiger partial charge on any atom is -0.314 e. The summed E-state index contributed by atoms with van der Waals surface area (Å²) in [6.45, 7) is 4.58. The Bertz CT molecular complexity index is 413. The maximum absolute atomic E-state index is 3.68. The lowest BCUT2D eigenvalue weighted by Gasteiger charge is -2.45. The predicted molar refractivity (Wildman–Crippen MR) is 78.6 cm³/mol. The standard InChI is InChI=1S/C15H21BrN2/c16-14-6-2-1-5-13(14)11-18-10-9-17-12-15(18)7-3-4-8-15/h1-2,5-6,17H,3-4,7-12H2. The van der Waals surface area contributed by atoms with E-state index in [1.807, 2.05) is 0 Å². The van der Waals surface area contributed by atoms with Crippen LogP contribution in [0, 0.1) is 0 Å². The summed E-state index contributed by atoms with van der Waals surface area (Å²) in [5.74, 6) is 0. The molecule has 1 heterocycles. The van der Waals surface area contributed by atoms with Gasteiger partial charge in [-0.3, -0.25) is 4.90 Å². The van der Waals surface area contributed by atoms with Gasteiger partial charge in [-0.2, -0.15) is 0 Å². The molecule has 0 atom stereocenters. The molecular weight excluding hydrogens is 288 g/mol. The molecule has 2 nitrogen and oxygen atoms in total. The number of rotatable bonds is 2. The number of hydrogen-bond donors (Lipinski definition) is 1. The van der Waals surface area contributed by atoms with E-state index in [4.69, 9.17) is 0 Å². The van der Waals surface area contributed by atoms with Gasteiger partial charge in [0.05, 0.1) is 0 Å². The summed E-state index contributed by atoms with van der Waals surface area (Å²) >= 11 is 3.68. The molecular formula is C15H21BrN2. The molecule has 2 aliphatic rings. The Labute approximate surface area is 118 Å². The second kappa shape index (κ2) is 5.32. The van der Waals surface area contributed by atoms with Crippen molar-refractivity contribution in [3.05, 3.63) is 34.3 Å². The van der Waals surface area contributed by atoms with Crippen molar-refractivity contribution in [3.8, 4) is 0 Å². The fourth-order valence-corrected chi connectivity index (χ4v) is 3.90. The molecule has 1 aliphatic heterocycles. The van der Waals surface area contributed by atoms with Crippen molar-refractivity contribution >= 4 is 15.9 Å². The van der Waals surface area contributed by atoms with E-state index >= 15 is 0 Å². The first-order valence-electron chi connectivity index (χ1n) is 6.99. The highest BCUT2D eigenvalue weighted by atomic mass is 79.9. The number of piperazine rings is 1. The van der Waals surface area contributed by atoms with Crippen LogP contribution in [0.3, 0.4) is 0 Å². The molecule has 0 radical (unpaired) electrons. The van der Waals surface area contributed by atoms with Gasteiger partial charge >= 0.3 is 0 Å². The highest BCUT2D eigenvalue weighted by Gasteiger charge is 2.40. The fraction of sp³-hybridized carbons (Fsp3) is 0.600. The monoisotopic (exact) mass is 308 g/mol. The van der Waals surface area contributed by atoms with Crippen molar-refractivity contribution in [1.82, 2.24) is 10.2 Å². The highest BCUT2D eigenvalue weighted by Crippen LogP contribution is 2.37. The van der Waals surface area contributed by atoms with Gasteiger partial charge in [-0.1, -0.05) is 47.0 Å². The predicted octanol–water partition coefficient (Wildman–Crippen LogP) is 3.17. The number of benzene rings is 1. The Kier molecular flexibility index (Phi) is 3.73. The van der Waals surface area contributed by atoms with Crippen molar-refractivity contribution in [3.63, 3.8) is 0 Å². The number of nitrogens with one attached hydrogen (secondary N) is 1. The summed E-state index contributed by atoms with van der Waals surface area (Å²) in [6, 6.07) is 8.63. The van der Waals surface area contributed by atoms with Gasteiger partial charge in [-0.15, -0.1) is 0 Å². The summed E-state index contributed by atoms with van der Waals surface area (Å²) in [4.78, 5) is 2.72. The van der Waals surface area contributed by atoms with E-state index < -0.39 is 0 Å². The topological polar surface area (TPSA) is 15.3 Å². The molecule has 1 aromatic carbocycles. The first kappa shape index (κ1) is 12.6. The van der Waals surface area contributed by atoms with Crippen LogP contribution in [-0.2, 0) is 6.54 Å². The van der Waals surface area contributed by atoms with E-state index in [0.29, 0.717) is 5.54 Å². The van der Waals surface area contributed by atoms with E-state index in [1.54, 1.807) is 0 Å². The number of nitrogens with zero attached hydrogens (tertiary/aromatic N) is 1. The van der Waals surface area contributed by atoms with E-state index in [-0.39, 0.29) is 0 Å². The van der Waals surface area contributed by atoms with Crippen LogP contribution in [0.25, 0.3) is 0 Å². The molecule has 1 saturated heterocycles. The van der Waals surface area contributed by atoms with Gasteiger partial charge in [0.15, 0.2) is 0 Å². The molecule has 98 valence electrons. The summed E-state index contributed by atoms with van der Waals surface area (Å²) in [6.07, 6.45) is 5.52. The molecule has 0 amide bonds. The van der Waals surface area contributed by atoms with E-state index in [2.05, 4.69) is 50.4 Å². The SMILES string of the molecule is Brc1ccccc1CN1CCNCC12CCCC2. The fourth-order valence-electron chi connectivity index (χ4n) is 3.49. The first-order chi connectivity index (χ1) is 8.80. The van der Waals surface area contributed by atoms with Gasteiger partial charge < -0.3 is 5.32 Å². The molecule has 1 aromatic rings. The summed E-state index contributed by atoms with van der Waals surface area (Å²) in [5, 5.41) is 3.59. The zero-order chi connectivity index (χ0) is 12.4. The molecule has 1 saturated carbocycles. The molecule has 1 spiro atoms. The summed E-state index contributed by atoms with van der Waals surface area (Å²) in [7, 11) is 0. The Morgan fingerprint density at radius 3 is 2.78 bits per heavy atom. The van der Waals surface area contributed by atoms with Crippen LogP contribution in [-0.4, -0.2) is 30.1 Å². The Morgan fingerprint density at radius 2 is 2.00 bits per heavy atom. The molecule has 3 rings (SSSR count). The minimum absolute atomic E-state index is 0.438. The summed E-state index contributed by atoms with van der Waals surface area (Å²) < 4.78 is 1.25. The van der Waals surface area contributed by atoms with Gasteiger partial charge in [0.2, 0.25) is 0 Å². The lowest BCUT2D eigenvalue weighted by atomic mass is 9.92. The van der Waals surface area contributed by atoms with Crippen LogP contribution in [0.2, 0.25) is 0 Å². The Morgan fingerprint density at radius 1 is 1.22 bits per heavy atom. The van der Waals surface area contributed by atoms with Crippen LogP contribution in [0.1, 0.15) is 31.2 Å². The van der Waals surface area contributed by atoms with Crippen molar-refractivity contribution in [2.75, 3.05) is 19.6 Å². The van der Waals surface area contributed by atoms with Crippen molar-refractivity contribution in [2.45, 2.75) is 37.8 Å². The Balaban J connectivity index is 1.80. The highest BCUT2D eigenvalue weighted by molar-refractivity contribution is 9.10. The van der Waals surface area contributed by atoms with Gasteiger partial charge in [0.1, 0.15) is 0 Å². The smallest absolute Gasteiger partial charge is 0.0338 e. The van der Waals surface area contributed by atoms with Gasteiger partial charge in [0, 0.05) is 36.2 Å². The van der Waals surface area contributed by atoms with Crippen molar-refractivity contribution in [2.24, 2.45) is 0 Å². The molecule has 1 N–H and O–H groups in total. The molecule has 18 heavy (non-hydrogen) atoms. The zero-order valence-corrected chi connectivity index (χ0v) is 12.4. The summed E-state index contributed by atoms with van der Waals surface area (Å²) in [5.41, 5.74) is 1.86. The minimum atomic E-state index is 0.438. The molecule has 0 unspecified atom stereocenters. The van der Waals surface area contributed by atoms with Crippen LogP contribution in [0.5, 0.6) is 0 Å². The third kappa shape index (κ3) is 2.36. The normalized spacial score (nSPS) is 23.6. The molecule has 0 bridgehead atoms. The van der Waals surface area contributed by atoms with E-state index in [1.165, 1.54) is 48.8 Å². The Hall–Kier alpha value is -0.380. The average Bonchev–Trinajstić information content (AvgIpc) is 2.84. The lowest BCUT2D eigenvalue weighted by Crippen LogP contribution is -2.59. The largest absolute Gasteiger partial charge is 0.314 e. The molecule has 0 aromatic heterocycles. The van der Waals surface area contributed by atoms with Crippen LogP contribution >= 0.6 is 15.9 Å². The van der Waals surface area contributed by atoms with Crippen LogP contribution in [0.4, 0.5) is 0 Å². The number of halogens is 1. The molecule has 2 fully saturated rings. The van der Waals surface area contributed by atoms with Crippen LogP contribution < -0.4 is 5.32 Å². The van der Waals surface area contributed by atoms with Gasteiger partial charge in [-0.25, -0.2) is 0 Å². The zero-order valence-electron chi connectivity index (χ0n) is 10.8. The number of hydrogen-bond acceptors (Lipinski definition) is 2. The van der Waals surface area contributed by atoms with Crippen molar-refractivity contribution in [1.29, 1.82) is 0 Å². The lowest BCUT2D eigenvalue weighted by molar-refractivity contribution is 0.0571. The van der Waals surface area contributed by atoms with Crippen LogP contribution in [0.15, 0.2) is 28.7 Å². The van der Waals surface area contributed by atoms with E-state index in [0.717, 1.165) is 13.1 Å². The maximum Gasteiger partial charge on any atom is 0.0338 e. The second-order valence-electron chi connectivity index (χ2n) is 5.62. The third-order valence-electron chi connectivity index (χ3n) is 4.54.